The largest absolute Gasteiger partial charge is 0.459 e. The Labute approximate surface area is 266 Å². The van der Waals surface area contributed by atoms with Gasteiger partial charge in [0.15, 0.2) is 0 Å². The second-order valence-electron chi connectivity index (χ2n) is 15.9. The molecule has 4 N–H and O–H groups in total. The lowest BCUT2D eigenvalue weighted by Gasteiger charge is -2.61. The molecule has 6 heteroatoms. The molecule has 0 aromatic heterocycles. The fourth-order valence-electron chi connectivity index (χ4n) is 10.7. The Morgan fingerprint density at radius 1 is 0.909 bits per heavy atom. The number of hydrogen-bond acceptors (Lipinski definition) is 6. The van der Waals surface area contributed by atoms with E-state index in [1.807, 2.05) is 0 Å². The van der Waals surface area contributed by atoms with Crippen LogP contribution in [0, 0.1) is 52.3 Å². The van der Waals surface area contributed by atoms with Crippen molar-refractivity contribution in [2.24, 2.45) is 52.3 Å². The summed E-state index contributed by atoms with van der Waals surface area (Å²) in [5.74, 6) is 4.88. The number of anilines is 2. The minimum atomic E-state index is -0.531. The third-order valence-corrected chi connectivity index (χ3v) is 12.9. The Bertz CT molecular complexity index is 1190. The molecule has 4 aliphatic rings. The van der Waals surface area contributed by atoms with Crippen LogP contribution in [0.25, 0.3) is 0 Å². The first-order valence-electron chi connectivity index (χ1n) is 17.6. The van der Waals surface area contributed by atoms with E-state index in [1.165, 1.54) is 82.1 Å². The van der Waals surface area contributed by atoms with Crippen LogP contribution >= 0.6 is 0 Å². The summed E-state index contributed by atoms with van der Waals surface area (Å²) in [5, 5.41) is 0. The molecule has 4 saturated carbocycles. The van der Waals surface area contributed by atoms with Gasteiger partial charge >= 0.3 is 11.9 Å². The van der Waals surface area contributed by atoms with Crippen molar-refractivity contribution in [1.82, 2.24) is 0 Å². The Morgan fingerprint density at radius 2 is 1.61 bits per heavy atom. The van der Waals surface area contributed by atoms with Crippen LogP contribution in [0.3, 0.4) is 0 Å². The lowest BCUT2D eigenvalue weighted by atomic mass is 9.44. The number of fused-ring (bicyclic) bond motifs is 5. The molecular weight excluding hydrogens is 548 g/mol. The van der Waals surface area contributed by atoms with Gasteiger partial charge in [-0.3, -0.25) is 0 Å². The molecule has 5 rings (SSSR count). The number of hydrogen-bond donors (Lipinski definition) is 2. The number of carbonyl (C=O) groups is 2. The molecule has 0 amide bonds. The number of ether oxygens (including phenoxy) is 2. The number of carbonyl (C=O) groups excluding carboxylic acids is 2. The van der Waals surface area contributed by atoms with Crippen molar-refractivity contribution in [2.75, 3.05) is 18.1 Å². The summed E-state index contributed by atoms with van der Waals surface area (Å²) in [5.41, 5.74) is 13.5. The van der Waals surface area contributed by atoms with Crippen LogP contribution in [0.2, 0.25) is 0 Å². The molecule has 0 bridgehead atoms. The van der Waals surface area contributed by atoms with Gasteiger partial charge < -0.3 is 20.9 Å². The first kappa shape index (κ1) is 32.9. The first-order valence-corrected chi connectivity index (χ1v) is 17.6. The molecule has 244 valence electrons. The SMILES string of the molecule is CC(C)CCCC(C)C1CCC2C3CCC4CC(OC(=O)C=CCOC(=O)c5cc(N)cc(N)c5)CCC4(C)C3CCC12C. The van der Waals surface area contributed by atoms with Crippen LogP contribution in [0.15, 0.2) is 30.4 Å². The van der Waals surface area contributed by atoms with E-state index >= 15 is 0 Å². The minimum Gasteiger partial charge on any atom is -0.459 e. The molecule has 0 radical (unpaired) electrons. The third-order valence-electron chi connectivity index (χ3n) is 12.9. The molecular formula is C38H58N2O4. The molecule has 9 unspecified atom stereocenters. The molecule has 0 spiro atoms. The summed E-state index contributed by atoms with van der Waals surface area (Å²) in [7, 11) is 0. The standard InChI is InChI=1S/C38H58N2O4/c1-24(2)8-6-9-25(3)32-13-14-33-31-12-11-27-22-30(15-17-37(27,4)34(31)16-18-38(32,33)5)44-35(41)10-7-19-43-36(42)26-20-28(39)23-29(40)21-26/h7,10,20-21,23-25,27,30-34H,6,8-9,11-19,22,39-40H2,1-5H3. The van der Waals surface area contributed by atoms with Crippen molar-refractivity contribution in [3.63, 3.8) is 0 Å². The second kappa shape index (κ2) is 13.5. The highest BCUT2D eigenvalue weighted by molar-refractivity contribution is 5.91. The Balaban J connectivity index is 1.11. The van der Waals surface area contributed by atoms with E-state index < -0.39 is 5.97 Å². The molecule has 4 aliphatic carbocycles. The zero-order valence-corrected chi connectivity index (χ0v) is 28.0. The van der Waals surface area contributed by atoms with E-state index in [2.05, 4.69) is 34.6 Å². The number of benzene rings is 1. The molecule has 0 heterocycles. The summed E-state index contributed by atoms with van der Waals surface area (Å²) in [6.45, 7) is 12.5. The molecule has 6 nitrogen and oxygen atoms in total. The maximum Gasteiger partial charge on any atom is 0.338 e. The fraction of sp³-hybridized carbons (Fsp3) is 0.737. The van der Waals surface area contributed by atoms with Crippen molar-refractivity contribution in [3.8, 4) is 0 Å². The van der Waals surface area contributed by atoms with Gasteiger partial charge in [-0.25, -0.2) is 9.59 Å². The maximum absolute atomic E-state index is 12.6. The fourth-order valence-corrected chi connectivity index (χ4v) is 10.7. The topological polar surface area (TPSA) is 105 Å². The Morgan fingerprint density at radius 3 is 2.34 bits per heavy atom. The van der Waals surface area contributed by atoms with Crippen LogP contribution in [-0.2, 0) is 14.3 Å². The molecule has 0 aliphatic heterocycles. The van der Waals surface area contributed by atoms with Crippen LogP contribution < -0.4 is 11.5 Å². The van der Waals surface area contributed by atoms with E-state index in [4.69, 9.17) is 20.9 Å². The lowest BCUT2D eigenvalue weighted by molar-refractivity contribution is -0.158. The summed E-state index contributed by atoms with van der Waals surface area (Å²) in [6.07, 6.45) is 18.4. The highest BCUT2D eigenvalue weighted by Crippen LogP contribution is 2.68. The molecule has 9 atom stereocenters. The van der Waals surface area contributed by atoms with Gasteiger partial charge in [0.1, 0.15) is 12.7 Å². The van der Waals surface area contributed by atoms with Crippen LogP contribution in [0.4, 0.5) is 11.4 Å². The zero-order chi connectivity index (χ0) is 31.6. The third kappa shape index (κ3) is 6.84. The smallest absolute Gasteiger partial charge is 0.338 e. The van der Waals surface area contributed by atoms with Crippen molar-refractivity contribution in [3.05, 3.63) is 35.9 Å². The lowest BCUT2D eigenvalue weighted by Crippen LogP contribution is -2.54. The number of esters is 2. The van der Waals surface area contributed by atoms with Crippen LogP contribution in [0.1, 0.15) is 122 Å². The summed E-state index contributed by atoms with van der Waals surface area (Å²) < 4.78 is 11.2. The summed E-state index contributed by atoms with van der Waals surface area (Å²) >= 11 is 0. The molecule has 4 fully saturated rings. The average molecular weight is 607 g/mol. The van der Waals surface area contributed by atoms with Crippen molar-refractivity contribution < 1.29 is 19.1 Å². The number of nitrogen functional groups attached to an aromatic ring is 2. The second-order valence-corrected chi connectivity index (χ2v) is 15.9. The van der Waals surface area contributed by atoms with Gasteiger partial charge in [0, 0.05) is 17.5 Å². The van der Waals surface area contributed by atoms with E-state index in [9.17, 15) is 9.59 Å². The van der Waals surface area contributed by atoms with Gasteiger partial charge in [-0.05, 0) is 134 Å². The number of nitrogens with two attached hydrogens (primary N) is 2. The van der Waals surface area contributed by atoms with E-state index in [1.54, 1.807) is 6.07 Å². The molecule has 1 aromatic carbocycles. The van der Waals surface area contributed by atoms with Gasteiger partial charge in [0.2, 0.25) is 0 Å². The van der Waals surface area contributed by atoms with E-state index in [0.29, 0.717) is 33.7 Å². The Kier molecular flexibility index (Phi) is 10.1. The first-order chi connectivity index (χ1) is 20.9. The van der Waals surface area contributed by atoms with Gasteiger partial charge in [-0.2, -0.15) is 0 Å². The quantitative estimate of drug-likeness (QED) is 0.157. The predicted octanol–water partition coefficient (Wildman–Crippen LogP) is 8.60. The Hall–Kier alpha value is -2.50. The van der Waals surface area contributed by atoms with Gasteiger partial charge in [-0.15, -0.1) is 0 Å². The highest BCUT2D eigenvalue weighted by atomic mass is 16.5. The van der Waals surface area contributed by atoms with Crippen molar-refractivity contribution >= 4 is 23.3 Å². The normalized spacial score (nSPS) is 35.5. The predicted molar refractivity (Wildman–Crippen MR) is 178 cm³/mol. The van der Waals surface area contributed by atoms with Crippen molar-refractivity contribution in [2.45, 2.75) is 118 Å². The zero-order valence-electron chi connectivity index (χ0n) is 28.0. The van der Waals surface area contributed by atoms with E-state index in [0.717, 1.165) is 54.8 Å². The van der Waals surface area contributed by atoms with Crippen LogP contribution in [-0.4, -0.2) is 24.6 Å². The monoisotopic (exact) mass is 606 g/mol. The van der Waals surface area contributed by atoms with Gasteiger partial charge in [0.05, 0.1) is 5.56 Å². The number of rotatable bonds is 10. The van der Waals surface area contributed by atoms with Crippen molar-refractivity contribution in [1.29, 1.82) is 0 Å². The van der Waals surface area contributed by atoms with E-state index in [-0.39, 0.29) is 18.7 Å². The van der Waals surface area contributed by atoms with Gasteiger partial charge in [0.25, 0.3) is 0 Å². The highest BCUT2D eigenvalue weighted by Gasteiger charge is 2.60. The summed E-state index contributed by atoms with van der Waals surface area (Å²) in [4.78, 5) is 24.9. The maximum atomic E-state index is 12.6. The molecule has 0 saturated heterocycles. The average Bonchev–Trinajstić information content (AvgIpc) is 3.32. The molecule has 1 aromatic rings. The van der Waals surface area contributed by atoms with Gasteiger partial charge in [-0.1, -0.05) is 53.9 Å². The summed E-state index contributed by atoms with van der Waals surface area (Å²) in [6, 6.07) is 4.62. The minimum absolute atomic E-state index is 0.0191. The molecule has 44 heavy (non-hydrogen) atoms. The van der Waals surface area contributed by atoms with Crippen LogP contribution in [0.5, 0.6) is 0 Å².